The molecule has 1 heterocycles. The molecule has 1 atom stereocenters. The fourth-order valence-electron chi connectivity index (χ4n) is 3.26. The first kappa shape index (κ1) is 16.5. The van der Waals surface area contributed by atoms with E-state index in [1.165, 1.54) is 0 Å². The molecule has 0 radical (unpaired) electrons. The number of carboxylic acid groups (broad SMARTS) is 1. The summed E-state index contributed by atoms with van der Waals surface area (Å²) in [4.78, 5) is 26.0. The Bertz CT molecular complexity index is 554. The molecule has 1 fully saturated rings. The Hall–Kier alpha value is -1.88. The number of hydrogen-bond acceptors (Lipinski definition) is 3. The van der Waals surface area contributed by atoms with Crippen LogP contribution in [0.1, 0.15) is 38.7 Å². The average molecular weight is 304 g/mol. The van der Waals surface area contributed by atoms with E-state index in [1.807, 2.05) is 30.3 Å². The van der Waals surface area contributed by atoms with E-state index >= 15 is 0 Å². The van der Waals surface area contributed by atoms with E-state index in [9.17, 15) is 14.7 Å². The fourth-order valence-corrected chi connectivity index (χ4v) is 3.26. The van der Waals surface area contributed by atoms with Gasteiger partial charge in [-0.1, -0.05) is 44.2 Å². The third kappa shape index (κ3) is 2.61. The lowest BCUT2D eigenvalue weighted by Crippen LogP contribution is -2.49. The summed E-state index contributed by atoms with van der Waals surface area (Å²) >= 11 is 0. The van der Waals surface area contributed by atoms with E-state index in [1.54, 1.807) is 18.7 Å². The summed E-state index contributed by atoms with van der Waals surface area (Å²) in [6, 6.07) is 9.69. The number of carboxylic acids is 1. The van der Waals surface area contributed by atoms with Crippen molar-refractivity contribution in [2.75, 3.05) is 13.1 Å². The van der Waals surface area contributed by atoms with Crippen LogP contribution in [0.5, 0.6) is 0 Å². The number of hydrogen-bond donors (Lipinski definition) is 2. The van der Waals surface area contributed by atoms with Gasteiger partial charge in [0.05, 0.1) is 5.54 Å². The summed E-state index contributed by atoms with van der Waals surface area (Å²) in [6.45, 7) is 4.36. The molecule has 1 aliphatic rings. The first-order valence-corrected chi connectivity index (χ1v) is 7.77. The Morgan fingerprint density at radius 3 is 2.36 bits per heavy atom. The Balaban J connectivity index is 2.23. The molecule has 1 aromatic carbocycles. The molecule has 5 heteroatoms. The average Bonchev–Trinajstić information content (AvgIpc) is 2.93. The predicted octanol–water partition coefficient (Wildman–Crippen LogP) is 1.96. The van der Waals surface area contributed by atoms with Gasteiger partial charge in [0.15, 0.2) is 0 Å². The maximum atomic E-state index is 12.8. The van der Waals surface area contributed by atoms with Crippen molar-refractivity contribution in [3.8, 4) is 0 Å². The van der Waals surface area contributed by atoms with E-state index in [2.05, 4.69) is 0 Å². The molecular formula is C17H24N2O3. The highest BCUT2D eigenvalue weighted by Gasteiger charge is 2.48. The maximum absolute atomic E-state index is 12.8. The summed E-state index contributed by atoms with van der Waals surface area (Å²) in [5.41, 5.74) is 5.53. The van der Waals surface area contributed by atoms with Crippen LogP contribution in [0, 0.1) is 5.41 Å². The highest BCUT2D eigenvalue weighted by Crippen LogP contribution is 2.35. The van der Waals surface area contributed by atoms with Crippen molar-refractivity contribution >= 4 is 11.9 Å². The van der Waals surface area contributed by atoms with Crippen LogP contribution < -0.4 is 5.73 Å². The van der Waals surface area contributed by atoms with E-state index in [-0.39, 0.29) is 18.7 Å². The number of carbonyl (C=O) groups is 2. The van der Waals surface area contributed by atoms with Crippen LogP contribution >= 0.6 is 0 Å². The molecule has 1 aliphatic heterocycles. The van der Waals surface area contributed by atoms with Crippen molar-refractivity contribution in [1.29, 1.82) is 0 Å². The Labute approximate surface area is 131 Å². The topological polar surface area (TPSA) is 83.6 Å². The van der Waals surface area contributed by atoms with Crippen LogP contribution in [0.15, 0.2) is 30.3 Å². The van der Waals surface area contributed by atoms with Crippen LogP contribution in [0.4, 0.5) is 0 Å². The van der Waals surface area contributed by atoms with Crippen LogP contribution in [-0.2, 0) is 15.1 Å². The van der Waals surface area contributed by atoms with Gasteiger partial charge in [-0.05, 0) is 24.8 Å². The summed E-state index contributed by atoms with van der Waals surface area (Å²) < 4.78 is 0. The minimum atomic E-state index is -1.33. The second-order valence-electron chi connectivity index (χ2n) is 6.09. The van der Waals surface area contributed by atoms with Crippen LogP contribution in [0.3, 0.4) is 0 Å². The second kappa shape index (κ2) is 6.08. The molecular weight excluding hydrogens is 280 g/mol. The zero-order chi connectivity index (χ0) is 16.4. The lowest BCUT2D eigenvalue weighted by molar-refractivity contribution is -0.161. The van der Waals surface area contributed by atoms with Crippen molar-refractivity contribution in [2.24, 2.45) is 11.1 Å². The zero-order valence-corrected chi connectivity index (χ0v) is 13.2. The Morgan fingerprint density at radius 1 is 1.27 bits per heavy atom. The lowest BCUT2D eigenvalue weighted by Gasteiger charge is -2.32. The van der Waals surface area contributed by atoms with Gasteiger partial charge >= 0.3 is 5.97 Å². The van der Waals surface area contributed by atoms with Crippen molar-refractivity contribution < 1.29 is 14.7 Å². The summed E-state index contributed by atoms with van der Waals surface area (Å²) in [5, 5.41) is 9.52. The summed E-state index contributed by atoms with van der Waals surface area (Å²) in [5.74, 6) is -1.36. The first-order chi connectivity index (χ1) is 10.4. The fraction of sp³-hybridized carbons (Fsp3) is 0.529. The molecule has 5 nitrogen and oxygen atoms in total. The number of rotatable bonds is 5. The van der Waals surface area contributed by atoms with Crippen LogP contribution in [-0.4, -0.2) is 35.0 Å². The van der Waals surface area contributed by atoms with Crippen LogP contribution in [0.2, 0.25) is 0 Å². The SMILES string of the molecule is CCC(CC)(C(=O)O)C(=O)N1CCC(N)(c2ccccc2)C1. The lowest BCUT2D eigenvalue weighted by atomic mass is 9.81. The molecule has 1 saturated heterocycles. The van der Waals surface area contributed by atoms with Gasteiger partial charge in [-0.25, -0.2) is 0 Å². The smallest absolute Gasteiger partial charge is 0.319 e. The molecule has 0 saturated carbocycles. The third-order valence-electron chi connectivity index (χ3n) is 4.96. The molecule has 1 unspecified atom stereocenters. The van der Waals surface area contributed by atoms with Gasteiger partial charge in [0.25, 0.3) is 0 Å². The van der Waals surface area contributed by atoms with Gasteiger partial charge < -0.3 is 15.7 Å². The monoisotopic (exact) mass is 304 g/mol. The quantitative estimate of drug-likeness (QED) is 0.815. The molecule has 3 N–H and O–H groups in total. The number of nitrogens with two attached hydrogens (primary N) is 1. The number of benzene rings is 1. The molecule has 2 rings (SSSR count). The van der Waals surface area contributed by atoms with Crippen molar-refractivity contribution in [2.45, 2.75) is 38.6 Å². The molecule has 120 valence electrons. The van der Waals surface area contributed by atoms with Gasteiger partial charge in [0, 0.05) is 13.1 Å². The largest absolute Gasteiger partial charge is 0.480 e. The van der Waals surface area contributed by atoms with E-state index < -0.39 is 16.9 Å². The molecule has 0 aliphatic carbocycles. The van der Waals surface area contributed by atoms with Crippen LogP contribution in [0.25, 0.3) is 0 Å². The molecule has 0 spiro atoms. The maximum Gasteiger partial charge on any atom is 0.319 e. The predicted molar refractivity (Wildman–Crippen MR) is 84.2 cm³/mol. The second-order valence-corrected chi connectivity index (χ2v) is 6.09. The number of likely N-dealkylation sites (tertiary alicyclic amines) is 1. The Kier molecular flexibility index (Phi) is 4.56. The summed E-state index contributed by atoms with van der Waals surface area (Å²) in [6.07, 6.45) is 1.22. The van der Waals surface area contributed by atoms with E-state index in [4.69, 9.17) is 5.73 Å². The molecule has 1 amide bonds. The van der Waals surface area contributed by atoms with E-state index in [0.29, 0.717) is 19.5 Å². The molecule has 0 aromatic heterocycles. The van der Waals surface area contributed by atoms with Crippen molar-refractivity contribution in [3.63, 3.8) is 0 Å². The normalized spacial score (nSPS) is 21.9. The molecule has 22 heavy (non-hydrogen) atoms. The third-order valence-corrected chi connectivity index (χ3v) is 4.96. The first-order valence-electron chi connectivity index (χ1n) is 7.77. The minimum Gasteiger partial charge on any atom is -0.480 e. The van der Waals surface area contributed by atoms with Gasteiger partial charge in [0.2, 0.25) is 5.91 Å². The van der Waals surface area contributed by atoms with Gasteiger partial charge in [-0.3, -0.25) is 9.59 Å². The highest BCUT2D eigenvalue weighted by molar-refractivity contribution is 6.02. The Morgan fingerprint density at radius 2 is 1.86 bits per heavy atom. The standard InChI is InChI=1S/C17H24N2O3/c1-3-16(4-2,15(21)22)14(20)19-11-10-17(18,12-19)13-8-6-5-7-9-13/h5-9H,3-4,10-12,18H2,1-2H3,(H,21,22). The van der Waals surface area contributed by atoms with E-state index in [0.717, 1.165) is 5.56 Å². The minimum absolute atomic E-state index is 0.289. The number of carbonyl (C=O) groups excluding carboxylic acids is 1. The zero-order valence-electron chi connectivity index (χ0n) is 13.2. The number of amides is 1. The summed E-state index contributed by atoms with van der Waals surface area (Å²) in [7, 11) is 0. The van der Waals surface area contributed by atoms with Crippen molar-refractivity contribution in [3.05, 3.63) is 35.9 Å². The molecule has 1 aromatic rings. The van der Waals surface area contributed by atoms with Crippen molar-refractivity contribution in [1.82, 2.24) is 4.90 Å². The van der Waals surface area contributed by atoms with Gasteiger partial charge in [-0.2, -0.15) is 0 Å². The highest BCUT2D eigenvalue weighted by atomic mass is 16.4. The number of nitrogens with zero attached hydrogens (tertiary/aromatic N) is 1. The van der Waals surface area contributed by atoms with Gasteiger partial charge in [0.1, 0.15) is 5.41 Å². The van der Waals surface area contributed by atoms with Gasteiger partial charge in [-0.15, -0.1) is 0 Å². The number of aliphatic carboxylic acids is 1. The molecule has 0 bridgehead atoms.